The van der Waals surface area contributed by atoms with Crippen LogP contribution in [0.4, 0.5) is 5.69 Å². The van der Waals surface area contributed by atoms with Crippen molar-refractivity contribution in [3.05, 3.63) is 70.3 Å². The molecule has 0 N–H and O–H groups in total. The molecule has 1 aliphatic carbocycles. The molecule has 0 spiro atoms. The van der Waals surface area contributed by atoms with E-state index in [1.54, 1.807) is 42.5 Å². The molecule has 1 saturated carbocycles. The lowest BCUT2D eigenvalue weighted by atomic mass is 9.82. The van der Waals surface area contributed by atoms with Crippen LogP contribution in [-0.2, 0) is 4.79 Å². The quantitative estimate of drug-likeness (QED) is 0.346. The van der Waals surface area contributed by atoms with Crippen molar-refractivity contribution < 1.29 is 14.5 Å². The summed E-state index contributed by atoms with van der Waals surface area (Å²) in [5, 5.41) is 10.7. The second-order valence-electron chi connectivity index (χ2n) is 5.95. The summed E-state index contributed by atoms with van der Waals surface area (Å²) in [6.07, 6.45) is 1.93. The van der Waals surface area contributed by atoms with E-state index in [1.165, 1.54) is 17.8 Å². The van der Waals surface area contributed by atoms with Crippen molar-refractivity contribution in [2.24, 2.45) is 5.92 Å². The molecule has 2 atom stereocenters. The molecular weight excluding hydrogens is 338 g/mol. The SMILES string of the molecule is O=C(c1ccccc1)[C@@H]1CCC[C@H](Sc2ccccc2[N+](=O)[O-])C1=O. The number of nitro groups is 1. The highest BCUT2D eigenvalue weighted by Gasteiger charge is 2.37. The second kappa shape index (κ2) is 7.61. The van der Waals surface area contributed by atoms with E-state index < -0.39 is 16.1 Å². The van der Waals surface area contributed by atoms with Gasteiger partial charge in [-0.1, -0.05) is 48.9 Å². The number of para-hydroxylation sites is 1. The first-order valence-corrected chi connectivity index (χ1v) is 8.99. The molecule has 0 heterocycles. The Bertz CT molecular complexity index is 806. The Labute approximate surface area is 149 Å². The van der Waals surface area contributed by atoms with Crippen LogP contribution < -0.4 is 0 Å². The Kier molecular flexibility index (Phi) is 5.28. The Balaban J connectivity index is 1.79. The highest BCUT2D eigenvalue weighted by atomic mass is 32.2. The minimum atomic E-state index is -0.656. The van der Waals surface area contributed by atoms with Crippen molar-refractivity contribution in [2.45, 2.75) is 29.4 Å². The summed E-state index contributed by atoms with van der Waals surface area (Å²) in [6.45, 7) is 0. The minimum Gasteiger partial charge on any atom is -0.298 e. The van der Waals surface area contributed by atoms with Crippen LogP contribution in [0.5, 0.6) is 0 Å². The van der Waals surface area contributed by atoms with E-state index in [9.17, 15) is 19.7 Å². The molecule has 6 heteroatoms. The molecule has 0 bridgehead atoms. The Hall–Kier alpha value is -2.47. The largest absolute Gasteiger partial charge is 0.298 e. The zero-order chi connectivity index (χ0) is 17.8. The number of thioether (sulfide) groups is 1. The smallest absolute Gasteiger partial charge is 0.282 e. The lowest BCUT2D eigenvalue weighted by Gasteiger charge is -2.26. The second-order valence-corrected chi connectivity index (χ2v) is 7.19. The van der Waals surface area contributed by atoms with Crippen LogP contribution in [0.25, 0.3) is 0 Å². The van der Waals surface area contributed by atoms with E-state index in [0.717, 1.165) is 6.42 Å². The van der Waals surface area contributed by atoms with Gasteiger partial charge < -0.3 is 0 Å². The Morgan fingerprint density at radius 2 is 1.72 bits per heavy atom. The van der Waals surface area contributed by atoms with Crippen LogP contribution in [-0.4, -0.2) is 21.7 Å². The third kappa shape index (κ3) is 3.79. The van der Waals surface area contributed by atoms with Gasteiger partial charge in [0.05, 0.1) is 21.0 Å². The molecule has 2 aromatic carbocycles. The highest BCUT2D eigenvalue weighted by molar-refractivity contribution is 8.00. The lowest BCUT2D eigenvalue weighted by Crippen LogP contribution is -2.35. The fourth-order valence-corrected chi connectivity index (χ4v) is 4.35. The van der Waals surface area contributed by atoms with Crippen molar-refractivity contribution in [3.63, 3.8) is 0 Å². The number of Topliss-reactive ketones (excluding diaryl/α,β-unsaturated/α-hetero) is 2. The molecule has 1 aliphatic rings. The maximum Gasteiger partial charge on any atom is 0.282 e. The molecule has 3 rings (SSSR count). The average molecular weight is 355 g/mol. The fourth-order valence-electron chi connectivity index (χ4n) is 3.06. The van der Waals surface area contributed by atoms with Gasteiger partial charge in [0.2, 0.25) is 0 Å². The van der Waals surface area contributed by atoms with E-state index in [-0.39, 0.29) is 17.3 Å². The summed E-state index contributed by atoms with van der Waals surface area (Å²) in [7, 11) is 0. The number of carbonyl (C=O) groups excluding carboxylic acids is 2. The van der Waals surface area contributed by atoms with Gasteiger partial charge in [-0.05, 0) is 18.9 Å². The van der Waals surface area contributed by atoms with Crippen LogP contribution in [0.3, 0.4) is 0 Å². The van der Waals surface area contributed by atoms with Crippen LogP contribution >= 0.6 is 11.8 Å². The normalized spacial score (nSPS) is 20.2. The molecule has 0 amide bonds. The summed E-state index contributed by atoms with van der Waals surface area (Å²) in [6, 6.07) is 15.2. The Morgan fingerprint density at radius 1 is 1.04 bits per heavy atom. The molecule has 0 saturated heterocycles. The van der Waals surface area contributed by atoms with E-state index in [2.05, 4.69) is 0 Å². The number of nitrogens with zero attached hydrogens (tertiary/aromatic N) is 1. The maximum absolute atomic E-state index is 12.8. The number of ketones is 2. The minimum absolute atomic E-state index is 0.00295. The molecule has 5 nitrogen and oxygen atoms in total. The monoisotopic (exact) mass is 355 g/mol. The summed E-state index contributed by atoms with van der Waals surface area (Å²) in [5.41, 5.74) is 0.536. The van der Waals surface area contributed by atoms with Gasteiger partial charge in [0.1, 0.15) is 0 Å². The summed E-state index contributed by atoms with van der Waals surface area (Å²) < 4.78 is 0. The predicted molar refractivity (Wildman–Crippen MR) is 95.9 cm³/mol. The number of hydrogen-bond donors (Lipinski definition) is 0. The third-order valence-electron chi connectivity index (χ3n) is 4.33. The van der Waals surface area contributed by atoms with Gasteiger partial charge in [-0.15, -0.1) is 11.8 Å². The predicted octanol–water partition coefficient (Wildman–Crippen LogP) is 4.31. The van der Waals surface area contributed by atoms with Crippen LogP contribution in [0.15, 0.2) is 59.5 Å². The summed E-state index contributed by atoms with van der Waals surface area (Å²) in [5.74, 6) is -0.932. The van der Waals surface area contributed by atoms with E-state index in [0.29, 0.717) is 23.3 Å². The van der Waals surface area contributed by atoms with Gasteiger partial charge in [-0.25, -0.2) is 0 Å². The lowest BCUT2D eigenvalue weighted by molar-refractivity contribution is -0.387. The number of nitro benzene ring substituents is 1. The van der Waals surface area contributed by atoms with Crippen molar-refractivity contribution in [2.75, 3.05) is 0 Å². The zero-order valence-electron chi connectivity index (χ0n) is 13.5. The highest BCUT2D eigenvalue weighted by Crippen LogP contribution is 2.38. The number of hydrogen-bond acceptors (Lipinski definition) is 5. The van der Waals surface area contributed by atoms with Gasteiger partial charge >= 0.3 is 0 Å². The molecular formula is C19H17NO4S. The zero-order valence-corrected chi connectivity index (χ0v) is 14.3. The van der Waals surface area contributed by atoms with Gasteiger partial charge in [0.25, 0.3) is 5.69 Å². The average Bonchev–Trinajstić information content (AvgIpc) is 2.64. The van der Waals surface area contributed by atoms with Crippen molar-refractivity contribution in [3.8, 4) is 0 Å². The molecule has 1 fully saturated rings. The summed E-state index contributed by atoms with van der Waals surface area (Å²) >= 11 is 1.20. The molecule has 0 aromatic heterocycles. The Morgan fingerprint density at radius 3 is 2.44 bits per heavy atom. The number of benzene rings is 2. The first-order valence-electron chi connectivity index (χ1n) is 8.11. The van der Waals surface area contributed by atoms with Gasteiger partial charge in [-0.2, -0.15) is 0 Å². The van der Waals surface area contributed by atoms with Gasteiger partial charge in [-0.3, -0.25) is 19.7 Å². The molecule has 25 heavy (non-hydrogen) atoms. The molecule has 2 aromatic rings. The summed E-state index contributed by atoms with van der Waals surface area (Å²) in [4.78, 5) is 36.6. The van der Waals surface area contributed by atoms with Gasteiger partial charge in [0, 0.05) is 11.6 Å². The molecule has 0 unspecified atom stereocenters. The van der Waals surface area contributed by atoms with Gasteiger partial charge in [0.15, 0.2) is 11.6 Å². The third-order valence-corrected chi connectivity index (χ3v) is 5.68. The topological polar surface area (TPSA) is 77.3 Å². The number of rotatable bonds is 5. The van der Waals surface area contributed by atoms with Crippen molar-refractivity contribution in [1.82, 2.24) is 0 Å². The van der Waals surface area contributed by atoms with E-state index in [1.807, 2.05) is 6.07 Å². The molecule has 0 aliphatic heterocycles. The fraction of sp³-hybridized carbons (Fsp3) is 0.263. The van der Waals surface area contributed by atoms with Crippen molar-refractivity contribution in [1.29, 1.82) is 0 Å². The van der Waals surface area contributed by atoms with E-state index in [4.69, 9.17) is 0 Å². The first kappa shape index (κ1) is 17.4. The molecule has 128 valence electrons. The van der Waals surface area contributed by atoms with Crippen LogP contribution in [0.2, 0.25) is 0 Å². The molecule has 0 radical (unpaired) electrons. The maximum atomic E-state index is 12.8. The van der Waals surface area contributed by atoms with Crippen LogP contribution in [0.1, 0.15) is 29.6 Å². The van der Waals surface area contributed by atoms with Crippen LogP contribution in [0, 0.1) is 16.0 Å². The van der Waals surface area contributed by atoms with E-state index >= 15 is 0 Å². The number of carbonyl (C=O) groups is 2. The first-order chi connectivity index (χ1) is 12.1. The van der Waals surface area contributed by atoms with Crippen molar-refractivity contribution >= 4 is 29.0 Å². The standard InChI is InChI=1S/C19H17NO4S/c21-18(13-7-2-1-3-8-13)14-9-6-12-17(19(14)22)25-16-11-5-4-10-15(16)20(23)24/h1-5,7-8,10-11,14,17H,6,9,12H2/t14-,17-/m0/s1.